The Morgan fingerprint density at radius 2 is 1.89 bits per heavy atom. The summed E-state index contributed by atoms with van der Waals surface area (Å²) < 4.78 is 1.08. The fraction of sp³-hybridized carbons (Fsp3) is 0.533. The average Bonchev–Trinajstić information content (AvgIpc) is 3.23. The quantitative estimate of drug-likeness (QED) is 0.881. The van der Waals surface area contributed by atoms with Gasteiger partial charge in [0.05, 0.1) is 6.04 Å². The van der Waals surface area contributed by atoms with Crippen LogP contribution in [0.5, 0.6) is 0 Å². The molecule has 2 fully saturated rings. The Bertz CT molecular complexity index is 456. The van der Waals surface area contributed by atoms with Crippen molar-refractivity contribution in [3.8, 4) is 0 Å². The van der Waals surface area contributed by atoms with Crippen molar-refractivity contribution in [3.05, 3.63) is 34.3 Å². The summed E-state index contributed by atoms with van der Waals surface area (Å²) in [5.74, 6) is 0. The third kappa shape index (κ3) is 3.11. The molecule has 1 heterocycles. The molecular formula is C15H19BrN2O. The molecule has 1 aromatic carbocycles. The van der Waals surface area contributed by atoms with Crippen molar-refractivity contribution >= 4 is 22.0 Å². The summed E-state index contributed by atoms with van der Waals surface area (Å²) in [4.78, 5) is 14.3. The van der Waals surface area contributed by atoms with E-state index >= 15 is 0 Å². The molecule has 2 amide bonds. The molecule has 4 heteroatoms. The SMILES string of the molecule is O=C(NC1CC1)N1CCCCC1c1ccc(Br)cc1. The Balaban J connectivity index is 1.75. The number of carbonyl (C=O) groups is 1. The minimum atomic E-state index is 0.120. The number of piperidine rings is 1. The van der Waals surface area contributed by atoms with Crippen LogP contribution in [0.4, 0.5) is 4.79 Å². The van der Waals surface area contributed by atoms with E-state index in [2.05, 4.69) is 45.5 Å². The predicted molar refractivity (Wildman–Crippen MR) is 79.0 cm³/mol. The van der Waals surface area contributed by atoms with Crippen LogP contribution in [0.2, 0.25) is 0 Å². The van der Waals surface area contributed by atoms with Gasteiger partial charge < -0.3 is 10.2 Å². The number of halogens is 1. The summed E-state index contributed by atoms with van der Waals surface area (Å²) in [6, 6.07) is 9.15. The van der Waals surface area contributed by atoms with Crippen LogP contribution in [-0.2, 0) is 0 Å². The van der Waals surface area contributed by atoms with Gasteiger partial charge in [-0.05, 0) is 49.8 Å². The first kappa shape index (κ1) is 13.0. The lowest BCUT2D eigenvalue weighted by atomic mass is 9.95. The molecule has 1 saturated carbocycles. The van der Waals surface area contributed by atoms with Gasteiger partial charge in [0.25, 0.3) is 0 Å². The molecule has 1 saturated heterocycles. The minimum absolute atomic E-state index is 0.120. The number of amides is 2. The van der Waals surface area contributed by atoms with Gasteiger partial charge in [-0.1, -0.05) is 28.1 Å². The van der Waals surface area contributed by atoms with Crippen molar-refractivity contribution in [2.24, 2.45) is 0 Å². The first-order chi connectivity index (χ1) is 9.24. The van der Waals surface area contributed by atoms with Crippen molar-refractivity contribution in [3.63, 3.8) is 0 Å². The number of nitrogens with one attached hydrogen (secondary N) is 1. The molecule has 1 atom stereocenters. The Morgan fingerprint density at radius 3 is 2.58 bits per heavy atom. The summed E-state index contributed by atoms with van der Waals surface area (Å²) in [6.45, 7) is 0.874. The lowest BCUT2D eigenvalue weighted by Gasteiger charge is -2.36. The smallest absolute Gasteiger partial charge is 0.318 e. The topological polar surface area (TPSA) is 32.3 Å². The number of benzene rings is 1. The van der Waals surface area contributed by atoms with Gasteiger partial charge in [-0.2, -0.15) is 0 Å². The molecule has 1 aliphatic heterocycles. The summed E-state index contributed by atoms with van der Waals surface area (Å²) in [5, 5.41) is 3.11. The van der Waals surface area contributed by atoms with E-state index in [1.165, 1.54) is 12.0 Å². The standard InChI is InChI=1S/C15H19BrN2O/c16-12-6-4-11(5-7-12)14-3-1-2-10-18(14)15(19)17-13-8-9-13/h4-7,13-14H,1-3,8-10H2,(H,17,19). The van der Waals surface area contributed by atoms with Crippen LogP contribution in [0.1, 0.15) is 43.7 Å². The highest BCUT2D eigenvalue weighted by atomic mass is 79.9. The highest BCUT2D eigenvalue weighted by Gasteiger charge is 2.31. The zero-order valence-corrected chi connectivity index (χ0v) is 12.5. The van der Waals surface area contributed by atoms with Crippen LogP contribution >= 0.6 is 15.9 Å². The molecule has 0 aromatic heterocycles. The van der Waals surface area contributed by atoms with Crippen molar-refractivity contribution < 1.29 is 4.79 Å². The van der Waals surface area contributed by atoms with Crippen LogP contribution in [0.15, 0.2) is 28.7 Å². The first-order valence-corrected chi connectivity index (χ1v) is 7.86. The van der Waals surface area contributed by atoms with Crippen LogP contribution in [0.25, 0.3) is 0 Å². The van der Waals surface area contributed by atoms with Crippen LogP contribution in [-0.4, -0.2) is 23.5 Å². The lowest BCUT2D eigenvalue weighted by Crippen LogP contribution is -2.45. The molecule has 1 unspecified atom stereocenters. The van der Waals surface area contributed by atoms with Gasteiger partial charge in [0, 0.05) is 17.1 Å². The van der Waals surface area contributed by atoms with E-state index in [4.69, 9.17) is 0 Å². The molecule has 1 aromatic rings. The Kier molecular flexibility index (Phi) is 3.78. The second-order valence-electron chi connectivity index (χ2n) is 5.48. The van der Waals surface area contributed by atoms with E-state index in [9.17, 15) is 4.79 Å². The maximum Gasteiger partial charge on any atom is 0.318 e. The molecule has 0 bridgehead atoms. The molecule has 1 aliphatic carbocycles. The summed E-state index contributed by atoms with van der Waals surface area (Å²) in [6.07, 6.45) is 5.67. The van der Waals surface area contributed by atoms with Gasteiger partial charge in [-0.15, -0.1) is 0 Å². The number of rotatable bonds is 2. The third-order valence-electron chi connectivity index (χ3n) is 3.92. The fourth-order valence-electron chi connectivity index (χ4n) is 2.69. The van der Waals surface area contributed by atoms with Gasteiger partial charge in [-0.3, -0.25) is 0 Å². The zero-order chi connectivity index (χ0) is 13.2. The van der Waals surface area contributed by atoms with E-state index in [1.54, 1.807) is 0 Å². The fourth-order valence-corrected chi connectivity index (χ4v) is 2.96. The molecule has 102 valence electrons. The number of nitrogens with zero attached hydrogens (tertiary/aromatic N) is 1. The van der Waals surface area contributed by atoms with Gasteiger partial charge in [0.15, 0.2) is 0 Å². The molecular weight excluding hydrogens is 304 g/mol. The predicted octanol–water partition coefficient (Wildman–Crippen LogP) is 3.85. The van der Waals surface area contributed by atoms with Crippen molar-refractivity contribution in [2.45, 2.75) is 44.2 Å². The first-order valence-electron chi connectivity index (χ1n) is 7.06. The molecule has 0 spiro atoms. The largest absolute Gasteiger partial charge is 0.335 e. The zero-order valence-electron chi connectivity index (χ0n) is 10.9. The second kappa shape index (κ2) is 5.53. The van der Waals surface area contributed by atoms with Crippen molar-refractivity contribution in [1.82, 2.24) is 10.2 Å². The van der Waals surface area contributed by atoms with E-state index < -0.39 is 0 Å². The highest BCUT2D eigenvalue weighted by Crippen LogP contribution is 2.32. The number of likely N-dealkylation sites (tertiary alicyclic amines) is 1. The maximum absolute atomic E-state index is 12.3. The Morgan fingerprint density at radius 1 is 1.16 bits per heavy atom. The molecule has 19 heavy (non-hydrogen) atoms. The minimum Gasteiger partial charge on any atom is -0.335 e. The monoisotopic (exact) mass is 322 g/mol. The summed E-state index contributed by atoms with van der Waals surface area (Å²) >= 11 is 3.46. The number of hydrogen-bond donors (Lipinski definition) is 1. The van der Waals surface area contributed by atoms with E-state index in [1.807, 2.05) is 4.90 Å². The second-order valence-corrected chi connectivity index (χ2v) is 6.40. The normalized spacial score (nSPS) is 23.2. The maximum atomic E-state index is 12.3. The molecule has 3 nitrogen and oxygen atoms in total. The van der Waals surface area contributed by atoms with Crippen LogP contribution in [0.3, 0.4) is 0 Å². The molecule has 0 radical (unpaired) electrons. The van der Waals surface area contributed by atoms with E-state index in [0.717, 1.165) is 36.7 Å². The molecule has 1 N–H and O–H groups in total. The van der Waals surface area contributed by atoms with Gasteiger partial charge in [0.2, 0.25) is 0 Å². The lowest BCUT2D eigenvalue weighted by molar-refractivity contribution is 0.151. The molecule has 3 rings (SSSR count). The number of carbonyl (C=O) groups excluding carboxylic acids is 1. The highest BCUT2D eigenvalue weighted by molar-refractivity contribution is 9.10. The average molecular weight is 323 g/mol. The summed E-state index contributed by atoms with van der Waals surface area (Å²) in [5.41, 5.74) is 1.24. The van der Waals surface area contributed by atoms with Crippen molar-refractivity contribution in [1.29, 1.82) is 0 Å². The van der Waals surface area contributed by atoms with Crippen LogP contribution < -0.4 is 5.32 Å². The summed E-state index contributed by atoms with van der Waals surface area (Å²) in [7, 11) is 0. The number of hydrogen-bond acceptors (Lipinski definition) is 1. The van der Waals surface area contributed by atoms with Gasteiger partial charge in [0.1, 0.15) is 0 Å². The van der Waals surface area contributed by atoms with Gasteiger partial charge >= 0.3 is 6.03 Å². The van der Waals surface area contributed by atoms with E-state index in [-0.39, 0.29) is 12.1 Å². The molecule has 2 aliphatic rings. The van der Waals surface area contributed by atoms with Crippen LogP contribution in [0, 0.1) is 0 Å². The van der Waals surface area contributed by atoms with E-state index in [0.29, 0.717) is 6.04 Å². The number of urea groups is 1. The Hall–Kier alpha value is -1.03. The Labute approximate surface area is 122 Å². The third-order valence-corrected chi connectivity index (χ3v) is 4.45. The van der Waals surface area contributed by atoms with Crippen molar-refractivity contribution in [2.75, 3.05) is 6.54 Å². The van der Waals surface area contributed by atoms with Gasteiger partial charge in [-0.25, -0.2) is 4.79 Å².